The fraction of sp³-hybridized carbons (Fsp3) is 0.286. The number of nitrogens with one attached hydrogen (secondary N) is 1. The van der Waals surface area contributed by atoms with E-state index >= 15 is 0 Å². The zero-order valence-corrected chi connectivity index (χ0v) is 19.9. The van der Waals surface area contributed by atoms with Gasteiger partial charge in [-0.15, -0.1) is 0 Å². The van der Waals surface area contributed by atoms with Crippen molar-refractivity contribution in [2.45, 2.75) is 31.7 Å². The van der Waals surface area contributed by atoms with E-state index in [1.807, 2.05) is 24.3 Å². The lowest BCUT2D eigenvalue weighted by molar-refractivity contribution is 0.0940. The second-order valence-corrected chi connectivity index (χ2v) is 9.28. The number of aromatic nitrogens is 2. The molecular weight excluding hydrogens is 464 g/mol. The van der Waals surface area contributed by atoms with Crippen molar-refractivity contribution in [1.82, 2.24) is 15.1 Å². The molecule has 2 N–H and O–H groups in total. The molecule has 1 heterocycles. The van der Waals surface area contributed by atoms with Crippen molar-refractivity contribution in [3.05, 3.63) is 78.0 Å². The number of ether oxygens (including phenoxy) is 1. The van der Waals surface area contributed by atoms with Gasteiger partial charge in [-0.25, -0.2) is 8.78 Å². The van der Waals surface area contributed by atoms with Crippen LogP contribution in [0, 0.1) is 17.6 Å². The molecule has 4 aromatic rings. The summed E-state index contributed by atoms with van der Waals surface area (Å²) in [5, 5.41) is 17.9. The molecule has 0 unspecified atom stereocenters. The van der Waals surface area contributed by atoms with E-state index in [0.29, 0.717) is 6.54 Å². The fourth-order valence-electron chi connectivity index (χ4n) is 4.83. The third kappa shape index (κ3) is 4.89. The first kappa shape index (κ1) is 23.8. The van der Waals surface area contributed by atoms with E-state index in [4.69, 9.17) is 9.84 Å². The third-order valence-corrected chi connectivity index (χ3v) is 6.97. The monoisotopic (exact) mass is 491 g/mol. The molecule has 1 amide bonds. The van der Waals surface area contributed by atoms with Gasteiger partial charge in [0.2, 0.25) is 0 Å². The number of rotatable bonds is 6. The summed E-state index contributed by atoms with van der Waals surface area (Å²) in [6.07, 6.45) is 5.78. The summed E-state index contributed by atoms with van der Waals surface area (Å²) in [7, 11) is 1.65. The Hall–Kier alpha value is -3.94. The summed E-state index contributed by atoms with van der Waals surface area (Å²) >= 11 is 0. The molecule has 8 heteroatoms. The van der Waals surface area contributed by atoms with Gasteiger partial charge >= 0.3 is 0 Å². The van der Waals surface area contributed by atoms with Crippen LogP contribution in [0.3, 0.4) is 0 Å². The molecule has 1 aliphatic carbocycles. The molecule has 0 atom stereocenters. The second kappa shape index (κ2) is 9.97. The van der Waals surface area contributed by atoms with Crippen LogP contribution in [0.5, 0.6) is 11.5 Å². The molecule has 3 aromatic carbocycles. The minimum atomic E-state index is -1.15. The standard InChI is InChI=1S/C28H27F2N3O3/c1-36-23-10-6-18(7-11-23)19-4-5-20-16-33(32-26(20)14-19)22-8-2-17(3-9-22)15-31-28(35)21-12-24(29)27(34)25(30)13-21/h4-7,10-14,16-17,22,34H,2-3,8-9,15H2,1H3,(H,31,35)/t17-,22-. The minimum Gasteiger partial charge on any atom is -0.503 e. The van der Waals surface area contributed by atoms with E-state index in [9.17, 15) is 18.7 Å². The van der Waals surface area contributed by atoms with Crippen molar-refractivity contribution >= 4 is 16.8 Å². The predicted molar refractivity (Wildman–Crippen MR) is 133 cm³/mol. The number of benzene rings is 3. The minimum absolute atomic E-state index is 0.145. The van der Waals surface area contributed by atoms with Gasteiger partial charge in [-0.3, -0.25) is 9.48 Å². The highest BCUT2D eigenvalue weighted by atomic mass is 19.1. The lowest BCUT2D eigenvalue weighted by Crippen LogP contribution is -2.31. The molecule has 0 saturated heterocycles. The van der Waals surface area contributed by atoms with Crippen LogP contribution in [0.25, 0.3) is 22.0 Å². The molecule has 1 saturated carbocycles. The summed E-state index contributed by atoms with van der Waals surface area (Å²) in [6, 6.07) is 16.2. The topological polar surface area (TPSA) is 76.4 Å². The number of carbonyl (C=O) groups excluding carboxylic acids is 1. The van der Waals surface area contributed by atoms with E-state index in [-0.39, 0.29) is 17.5 Å². The molecule has 1 aromatic heterocycles. The third-order valence-electron chi connectivity index (χ3n) is 6.97. The summed E-state index contributed by atoms with van der Waals surface area (Å²) in [6.45, 7) is 0.433. The van der Waals surface area contributed by atoms with E-state index in [0.717, 1.165) is 65.6 Å². The van der Waals surface area contributed by atoms with Crippen molar-refractivity contribution < 1.29 is 23.4 Å². The number of halogens is 2. The molecular formula is C28H27F2N3O3. The number of hydrogen-bond acceptors (Lipinski definition) is 4. The Kier molecular flexibility index (Phi) is 6.59. The number of fused-ring (bicyclic) bond motifs is 1. The van der Waals surface area contributed by atoms with Crippen molar-refractivity contribution in [1.29, 1.82) is 0 Å². The van der Waals surface area contributed by atoms with Crippen LogP contribution in [0.2, 0.25) is 0 Å². The van der Waals surface area contributed by atoms with Gasteiger partial charge in [0.05, 0.1) is 18.7 Å². The summed E-state index contributed by atoms with van der Waals surface area (Å²) in [5.41, 5.74) is 3.01. The van der Waals surface area contributed by atoms with Gasteiger partial charge in [-0.05, 0) is 73.1 Å². The maximum absolute atomic E-state index is 13.5. The first-order valence-corrected chi connectivity index (χ1v) is 12.0. The van der Waals surface area contributed by atoms with Gasteiger partial charge in [0.25, 0.3) is 5.91 Å². The van der Waals surface area contributed by atoms with Crippen LogP contribution in [-0.4, -0.2) is 34.4 Å². The number of amides is 1. The van der Waals surface area contributed by atoms with Crippen LogP contribution in [0.4, 0.5) is 8.78 Å². The fourth-order valence-corrected chi connectivity index (χ4v) is 4.83. The summed E-state index contributed by atoms with van der Waals surface area (Å²) < 4.78 is 34.4. The van der Waals surface area contributed by atoms with Crippen LogP contribution in [-0.2, 0) is 0 Å². The Balaban J connectivity index is 1.18. The van der Waals surface area contributed by atoms with Gasteiger partial charge in [0, 0.05) is 23.7 Å². The number of phenols is 1. The first-order valence-electron chi connectivity index (χ1n) is 12.0. The molecule has 5 rings (SSSR count). The Labute approximate surface area is 207 Å². The lowest BCUT2D eigenvalue weighted by atomic mass is 9.86. The maximum Gasteiger partial charge on any atom is 0.251 e. The average molecular weight is 492 g/mol. The number of methoxy groups -OCH3 is 1. The highest BCUT2D eigenvalue weighted by Gasteiger charge is 2.24. The van der Waals surface area contributed by atoms with Crippen LogP contribution < -0.4 is 10.1 Å². The van der Waals surface area contributed by atoms with E-state index in [1.165, 1.54) is 0 Å². The van der Waals surface area contributed by atoms with Crippen molar-refractivity contribution in [2.75, 3.05) is 13.7 Å². The van der Waals surface area contributed by atoms with Crippen LogP contribution >= 0.6 is 0 Å². The summed E-state index contributed by atoms with van der Waals surface area (Å²) in [5.74, 6) is -2.83. The predicted octanol–water partition coefficient (Wildman–Crippen LogP) is 5.86. The van der Waals surface area contributed by atoms with E-state index < -0.39 is 23.3 Å². The quantitative estimate of drug-likeness (QED) is 0.354. The van der Waals surface area contributed by atoms with Gasteiger partial charge in [0.1, 0.15) is 5.75 Å². The zero-order chi connectivity index (χ0) is 25.2. The number of carbonyl (C=O) groups is 1. The lowest BCUT2D eigenvalue weighted by Gasteiger charge is -2.28. The van der Waals surface area contributed by atoms with E-state index in [1.54, 1.807) is 7.11 Å². The molecule has 36 heavy (non-hydrogen) atoms. The van der Waals surface area contributed by atoms with Gasteiger partial charge < -0.3 is 15.2 Å². The molecule has 0 bridgehead atoms. The van der Waals surface area contributed by atoms with Crippen LogP contribution in [0.1, 0.15) is 42.1 Å². The largest absolute Gasteiger partial charge is 0.503 e. The number of hydrogen-bond donors (Lipinski definition) is 2. The highest BCUT2D eigenvalue weighted by molar-refractivity contribution is 5.94. The maximum atomic E-state index is 13.5. The molecule has 0 radical (unpaired) electrons. The Morgan fingerprint density at radius 2 is 1.69 bits per heavy atom. The molecule has 186 valence electrons. The SMILES string of the molecule is COc1ccc(-c2ccc3cn([C@H]4CC[C@H](CNC(=O)c5cc(F)c(O)c(F)c5)CC4)nc3c2)cc1. The molecule has 1 aliphatic rings. The zero-order valence-electron chi connectivity index (χ0n) is 19.9. The van der Waals surface area contributed by atoms with Crippen molar-refractivity contribution in [3.8, 4) is 22.6 Å². The van der Waals surface area contributed by atoms with Gasteiger partial charge in [-0.2, -0.15) is 5.10 Å². The average Bonchev–Trinajstić information content (AvgIpc) is 3.34. The van der Waals surface area contributed by atoms with Crippen molar-refractivity contribution in [3.63, 3.8) is 0 Å². The molecule has 0 spiro atoms. The first-order chi connectivity index (χ1) is 17.4. The summed E-state index contributed by atoms with van der Waals surface area (Å²) in [4.78, 5) is 12.3. The number of phenolic OH excluding ortho intramolecular Hbond substituents is 1. The van der Waals surface area contributed by atoms with E-state index in [2.05, 4.69) is 34.4 Å². The number of nitrogens with zero attached hydrogens (tertiary/aromatic N) is 2. The van der Waals surface area contributed by atoms with Crippen LogP contribution in [0.15, 0.2) is 60.8 Å². The molecule has 0 aliphatic heterocycles. The Morgan fingerprint density at radius 3 is 2.36 bits per heavy atom. The highest BCUT2D eigenvalue weighted by Crippen LogP contribution is 2.33. The Bertz CT molecular complexity index is 1370. The normalized spacial score (nSPS) is 17.8. The van der Waals surface area contributed by atoms with Crippen molar-refractivity contribution in [2.24, 2.45) is 5.92 Å². The Morgan fingerprint density at radius 1 is 1.03 bits per heavy atom. The van der Waals surface area contributed by atoms with Gasteiger partial charge in [-0.1, -0.05) is 24.3 Å². The van der Waals surface area contributed by atoms with Gasteiger partial charge in [0.15, 0.2) is 17.4 Å². The number of aromatic hydroxyl groups is 1. The smallest absolute Gasteiger partial charge is 0.251 e. The second-order valence-electron chi connectivity index (χ2n) is 9.28. The molecule has 1 fully saturated rings. The molecule has 6 nitrogen and oxygen atoms in total.